The Labute approximate surface area is 146 Å². The number of phenols is 1. The molecule has 1 fully saturated rings. The van der Waals surface area contributed by atoms with Crippen LogP contribution >= 0.6 is 0 Å². The van der Waals surface area contributed by atoms with Crippen molar-refractivity contribution < 1.29 is 10.2 Å². The zero-order chi connectivity index (χ0) is 17.7. The fourth-order valence-electron chi connectivity index (χ4n) is 3.46. The number of benzene rings is 1. The van der Waals surface area contributed by atoms with Crippen molar-refractivity contribution in [3.05, 3.63) is 40.5 Å². The highest BCUT2D eigenvalue weighted by Gasteiger charge is 2.26. The van der Waals surface area contributed by atoms with E-state index in [2.05, 4.69) is 41.9 Å². The highest BCUT2D eigenvalue weighted by molar-refractivity contribution is 5.42. The van der Waals surface area contributed by atoms with Gasteiger partial charge in [-0.2, -0.15) is 0 Å². The number of aliphatic hydroxyl groups excluding tert-OH is 1. The molecule has 0 radical (unpaired) electrons. The minimum absolute atomic E-state index is 0.237. The molecule has 1 aliphatic heterocycles. The van der Waals surface area contributed by atoms with E-state index in [0.29, 0.717) is 11.8 Å². The second-order valence-electron chi connectivity index (χ2n) is 7.26. The van der Waals surface area contributed by atoms with Crippen LogP contribution in [-0.2, 0) is 6.54 Å². The maximum atomic E-state index is 9.93. The van der Waals surface area contributed by atoms with Crippen LogP contribution in [0.5, 0.6) is 5.75 Å². The van der Waals surface area contributed by atoms with E-state index in [0.717, 1.165) is 50.3 Å². The topological polar surface area (TPSA) is 46.9 Å². The molecular formula is C20H32N2O2. The van der Waals surface area contributed by atoms with Crippen LogP contribution in [0.4, 0.5) is 0 Å². The van der Waals surface area contributed by atoms with Crippen LogP contribution in [0.1, 0.15) is 37.0 Å². The summed E-state index contributed by atoms with van der Waals surface area (Å²) in [6.45, 7) is 13.3. The summed E-state index contributed by atoms with van der Waals surface area (Å²) in [4.78, 5) is 4.94. The van der Waals surface area contributed by atoms with Gasteiger partial charge in [-0.3, -0.25) is 9.80 Å². The Balaban J connectivity index is 2.02. The maximum Gasteiger partial charge on any atom is 0.121 e. The zero-order valence-corrected chi connectivity index (χ0v) is 15.5. The Morgan fingerprint density at radius 1 is 1.21 bits per heavy atom. The molecule has 0 bridgehead atoms. The first-order valence-electron chi connectivity index (χ1n) is 8.90. The number of hydrogen-bond donors (Lipinski definition) is 2. The lowest BCUT2D eigenvalue weighted by Crippen LogP contribution is -2.53. The lowest BCUT2D eigenvalue weighted by atomic mass is 10.0. The molecule has 1 aromatic rings. The van der Waals surface area contributed by atoms with E-state index < -0.39 is 0 Å². The van der Waals surface area contributed by atoms with Crippen LogP contribution in [0.25, 0.3) is 0 Å². The van der Waals surface area contributed by atoms with E-state index in [-0.39, 0.29) is 6.61 Å². The molecule has 1 heterocycles. The number of phenolic OH excluding ortho intramolecular Hbond substituents is 1. The molecule has 2 rings (SSSR count). The second-order valence-corrected chi connectivity index (χ2v) is 7.26. The van der Waals surface area contributed by atoms with E-state index in [1.807, 2.05) is 13.8 Å². The van der Waals surface area contributed by atoms with Crippen molar-refractivity contribution in [3.63, 3.8) is 0 Å². The number of aromatic hydroxyl groups is 1. The fourth-order valence-corrected chi connectivity index (χ4v) is 3.46. The van der Waals surface area contributed by atoms with Gasteiger partial charge in [0.15, 0.2) is 0 Å². The molecular weight excluding hydrogens is 300 g/mol. The molecule has 1 aromatic carbocycles. The Morgan fingerprint density at radius 2 is 1.88 bits per heavy atom. The molecule has 2 N–H and O–H groups in total. The van der Waals surface area contributed by atoms with Gasteiger partial charge in [0.1, 0.15) is 5.75 Å². The van der Waals surface area contributed by atoms with Crippen LogP contribution in [-0.4, -0.2) is 58.8 Å². The van der Waals surface area contributed by atoms with Crippen molar-refractivity contribution in [2.24, 2.45) is 0 Å². The third kappa shape index (κ3) is 5.07. The molecule has 24 heavy (non-hydrogen) atoms. The Hall–Kier alpha value is -1.36. The fraction of sp³-hybridized carbons (Fsp3) is 0.600. The van der Waals surface area contributed by atoms with E-state index in [1.54, 1.807) is 0 Å². The molecule has 0 spiro atoms. The summed E-state index contributed by atoms with van der Waals surface area (Å²) in [6, 6.07) is 4.57. The third-order valence-corrected chi connectivity index (χ3v) is 4.84. The van der Waals surface area contributed by atoms with Crippen LogP contribution in [0, 0.1) is 13.8 Å². The summed E-state index contributed by atoms with van der Waals surface area (Å²) in [5, 5.41) is 19.3. The van der Waals surface area contributed by atoms with Crippen molar-refractivity contribution in [2.75, 3.05) is 32.8 Å². The van der Waals surface area contributed by atoms with Crippen molar-refractivity contribution in [1.82, 2.24) is 9.80 Å². The smallest absolute Gasteiger partial charge is 0.121 e. The molecule has 134 valence electrons. The van der Waals surface area contributed by atoms with Crippen LogP contribution in [0.2, 0.25) is 0 Å². The SMILES string of the molecule is CC(C)=CCN1CCN(Cc2cc(C)c(O)c(C)c2)C[C@H]1CCO. The van der Waals surface area contributed by atoms with Gasteiger partial charge < -0.3 is 10.2 Å². The van der Waals surface area contributed by atoms with Crippen molar-refractivity contribution in [1.29, 1.82) is 0 Å². The summed E-state index contributed by atoms with van der Waals surface area (Å²) in [7, 11) is 0. The quantitative estimate of drug-likeness (QED) is 0.787. The maximum absolute atomic E-state index is 9.93. The van der Waals surface area contributed by atoms with Crippen LogP contribution < -0.4 is 0 Å². The van der Waals surface area contributed by atoms with E-state index in [4.69, 9.17) is 0 Å². The molecule has 0 amide bonds. The summed E-state index contributed by atoms with van der Waals surface area (Å²) in [5.74, 6) is 0.406. The number of hydrogen-bond acceptors (Lipinski definition) is 4. The van der Waals surface area contributed by atoms with Crippen LogP contribution in [0.3, 0.4) is 0 Å². The standard InChI is InChI=1S/C20H32N2O2/c1-15(2)5-7-22-9-8-21(14-19(22)6-10-23)13-18-11-16(3)20(24)17(4)12-18/h5,11-12,19,23-24H,6-10,13-14H2,1-4H3/t19-/m1/s1. The highest BCUT2D eigenvalue weighted by Crippen LogP contribution is 2.24. The van der Waals surface area contributed by atoms with Gasteiger partial charge in [0.05, 0.1) is 0 Å². The number of aryl methyl sites for hydroxylation is 2. The molecule has 4 heteroatoms. The molecule has 1 saturated heterocycles. The summed E-state index contributed by atoms with van der Waals surface area (Å²) < 4.78 is 0. The molecule has 0 aromatic heterocycles. The first-order chi connectivity index (χ1) is 11.4. The van der Waals surface area contributed by atoms with Gasteiger partial charge in [-0.15, -0.1) is 0 Å². The minimum Gasteiger partial charge on any atom is -0.507 e. The highest BCUT2D eigenvalue weighted by atomic mass is 16.3. The van der Waals surface area contributed by atoms with E-state index in [9.17, 15) is 10.2 Å². The minimum atomic E-state index is 0.237. The zero-order valence-electron chi connectivity index (χ0n) is 15.5. The monoisotopic (exact) mass is 332 g/mol. The normalized spacial score (nSPS) is 19.5. The van der Waals surface area contributed by atoms with Gasteiger partial charge in [-0.05, 0) is 50.8 Å². The molecule has 1 aliphatic rings. The van der Waals surface area contributed by atoms with Crippen molar-refractivity contribution in [2.45, 2.75) is 46.7 Å². The average molecular weight is 332 g/mol. The predicted molar refractivity (Wildman–Crippen MR) is 99.4 cm³/mol. The summed E-state index contributed by atoms with van der Waals surface area (Å²) in [6.07, 6.45) is 3.09. The summed E-state index contributed by atoms with van der Waals surface area (Å²) >= 11 is 0. The van der Waals surface area contributed by atoms with Gasteiger partial charge in [-0.1, -0.05) is 23.8 Å². The largest absolute Gasteiger partial charge is 0.507 e. The second kappa shape index (κ2) is 8.65. The number of allylic oxidation sites excluding steroid dienone is 1. The van der Waals surface area contributed by atoms with Gasteiger partial charge in [0, 0.05) is 45.4 Å². The number of aliphatic hydroxyl groups is 1. The van der Waals surface area contributed by atoms with Crippen molar-refractivity contribution >= 4 is 0 Å². The first-order valence-corrected chi connectivity index (χ1v) is 8.90. The predicted octanol–water partition coefficient (Wildman–Crippen LogP) is 2.84. The summed E-state index contributed by atoms with van der Waals surface area (Å²) in [5.41, 5.74) is 4.48. The Morgan fingerprint density at radius 3 is 2.46 bits per heavy atom. The molecule has 1 atom stereocenters. The number of nitrogens with zero attached hydrogens (tertiary/aromatic N) is 2. The first kappa shape index (κ1) is 19.0. The lowest BCUT2D eigenvalue weighted by molar-refractivity contribution is 0.0636. The van der Waals surface area contributed by atoms with Crippen molar-refractivity contribution in [3.8, 4) is 5.75 Å². The van der Waals surface area contributed by atoms with Gasteiger partial charge in [-0.25, -0.2) is 0 Å². The third-order valence-electron chi connectivity index (χ3n) is 4.84. The van der Waals surface area contributed by atoms with E-state index >= 15 is 0 Å². The molecule has 0 saturated carbocycles. The van der Waals surface area contributed by atoms with E-state index in [1.165, 1.54) is 11.1 Å². The Bertz CT molecular complexity index is 556. The lowest BCUT2D eigenvalue weighted by Gasteiger charge is -2.41. The van der Waals surface area contributed by atoms with Gasteiger partial charge in [0.25, 0.3) is 0 Å². The molecule has 0 aliphatic carbocycles. The molecule has 0 unspecified atom stereocenters. The van der Waals surface area contributed by atoms with Gasteiger partial charge in [0.2, 0.25) is 0 Å². The average Bonchev–Trinajstić information content (AvgIpc) is 2.52. The van der Waals surface area contributed by atoms with Gasteiger partial charge >= 0.3 is 0 Å². The Kier molecular flexibility index (Phi) is 6.84. The molecule has 4 nitrogen and oxygen atoms in total. The number of rotatable bonds is 6. The number of piperazine rings is 1. The van der Waals surface area contributed by atoms with Crippen LogP contribution in [0.15, 0.2) is 23.8 Å².